The molecule has 1 fully saturated rings. The van der Waals surface area contributed by atoms with Gasteiger partial charge in [-0.1, -0.05) is 12.5 Å². The van der Waals surface area contributed by atoms with Crippen LogP contribution in [0.2, 0.25) is 0 Å². The van der Waals surface area contributed by atoms with Gasteiger partial charge in [-0.2, -0.15) is 5.10 Å². The van der Waals surface area contributed by atoms with E-state index in [1.54, 1.807) is 10.7 Å². The molecule has 8 heteroatoms. The van der Waals surface area contributed by atoms with Gasteiger partial charge in [-0.05, 0) is 74.2 Å². The van der Waals surface area contributed by atoms with Crippen LogP contribution in [0.5, 0.6) is 5.75 Å². The van der Waals surface area contributed by atoms with Crippen molar-refractivity contribution in [3.05, 3.63) is 59.7 Å². The molecule has 0 aliphatic heterocycles. The van der Waals surface area contributed by atoms with Crippen LogP contribution in [0.4, 0.5) is 19.0 Å². The number of alkyl halides is 3. The smallest absolute Gasteiger partial charge is 0.406 e. The normalized spacial score (nSPS) is 14.2. The monoisotopic (exact) mass is 429 g/mol. The molecule has 1 amide bonds. The summed E-state index contributed by atoms with van der Waals surface area (Å²) in [6.45, 7) is 4.01. The van der Waals surface area contributed by atoms with E-state index in [9.17, 15) is 18.0 Å². The molecule has 1 aliphatic rings. The van der Waals surface area contributed by atoms with Crippen LogP contribution in [-0.2, 0) is 4.79 Å². The number of hydrogen-bond donors (Lipinski definition) is 1. The summed E-state index contributed by atoms with van der Waals surface area (Å²) in [5, 5.41) is 7.59. The van der Waals surface area contributed by atoms with E-state index in [1.165, 1.54) is 24.3 Å². The van der Waals surface area contributed by atoms with Gasteiger partial charge in [-0.25, -0.2) is 4.68 Å². The standard InChI is InChI=1S/C23H22F3N3O2/c1-14-6-9-18(12-15(14)2)29-21(27-22(30)17-4-3-5-17)13-20(28-29)16-7-10-19(11-8-16)31-23(24,25)26/h6-13,17H,3-5H2,1-2H3,(H,27,30). The van der Waals surface area contributed by atoms with Crippen molar-refractivity contribution in [2.24, 2.45) is 5.92 Å². The summed E-state index contributed by atoms with van der Waals surface area (Å²) < 4.78 is 42.8. The Morgan fingerprint density at radius 2 is 1.77 bits per heavy atom. The van der Waals surface area contributed by atoms with Gasteiger partial charge >= 0.3 is 6.36 Å². The zero-order chi connectivity index (χ0) is 22.2. The number of halogens is 3. The highest BCUT2D eigenvalue weighted by Crippen LogP contribution is 2.31. The Balaban J connectivity index is 1.68. The minimum atomic E-state index is -4.74. The number of nitrogens with zero attached hydrogens (tertiary/aromatic N) is 2. The topological polar surface area (TPSA) is 56.1 Å². The molecule has 1 aliphatic carbocycles. The lowest BCUT2D eigenvalue weighted by Crippen LogP contribution is -2.28. The molecule has 1 aromatic heterocycles. The minimum absolute atomic E-state index is 0.00496. The fraction of sp³-hybridized carbons (Fsp3) is 0.304. The highest BCUT2D eigenvalue weighted by molar-refractivity contribution is 5.93. The van der Waals surface area contributed by atoms with Crippen molar-refractivity contribution in [3.63, 3.8) is 0 Å². The second kappa shape index (κ2) is 8.09. The van der Waals surface area contributed by atoms with E-state index in [0.717, 1.165) is 36.1 Å². The number of amides is 1. The maximum absolute atomic E-state index is 12.5. The van der Waals surface area contributed by atoms with Crippen molar-refractivity contribution < 1.29 is 22.7 Å². The highest BCUT2D eigenvalue weighted by atomic mass is 19.4. The molecule has 0 saturated heterocycles. The average molecular weight is 429 g/mol. The summed E-state index contributed by atoms with van der Waals surface area (Å²) in [6.07, 6.45) is -1.95. The SMILES string of the molecule is Cc1ccc(-n2nc(-c3ccc(OC(F)(F)F)cc3)cc2NC(=O)C2CCC2)cc1C. The summed E-state index contributed by atoms with van der Waals surface area (Å²) in [5.41, 5.74) is 4.14. The van der Waals surface area contributed by atoms with Crippen LogP contribution >= 0.6 is 0 Å². The summed E-state index contributed by atoms with van der Waals surface area (Å²) in [4.78, 5) is 12.5. The van der Waals surface area contributed by atoms with E-state index in [-0.39, 0.29) is 17.6 Å². The van der Waals surface area contributed by atoms with E-state index in [4.69, 9.17) is 0 Å². The third-order valence-corrected chi connectivity index (χ3v) is 5.56. The van der Waals surface area contributed by atoms with Gasteiger partial charge in [0.2, 0.25) is 5.91 Å². The van der Waals surface area contributed by atoms with E-state index in [0.29, 0.717) is 17.1 Å². The van der Waals surface area contributed by atoms with Gasteiger partial charge in [0.05, 0.1) is 11.4 Å². The number of benzene rings is 2. The van der Waals surface area contributed by atoms with Crippen molar-refractivity contribution in [3.8, 4) is 22.7 Å². The number of ether oxygens (including phenoxy) is 1. The first-order chi connectivity index (χ1) is 14.7. The first-order valence-electron chi connectivity index (χ1n) is 10.0. The summed E-state index contributed by atoms with van der Waals surface area (Å²) >= 11 is 0. The van der Waals surface area contributed by atoms with Crippen molar-refractivity contribution >= 4 is 11.7 Å². The molecule has 0 unspecified atom stereocenters. The Hall–Kier alpha value is -3.29. The van der Waals surface area contributed by atoms with Gasteiger partial charge in [0.25, 0.3) is 0 Å². The molecule has 1 N–H and O–H groups in total. The van der Waals surface area contributed by atoms with Crippen LogP contribution in [0, 0.1) is 19.8 Å². The Bertz CT molecular complexity index is 1100. The van der Waals surface area contributed by atoms with Crippen molar-refractivity contribution in [1.29, 1.82) is 0 Å². The molecule has 162 valence electrons. The molecule has 1 heterocycles. The fourth-order valence-corrected chi connectivity index (χ4v) is 3.39. The molecule has 0 radical (unpaired) electrons. The number of nitrogens with one attached hydrogen (secondary N) is 1. The van der Waals surface area contributed by atoms with Crippen molar-refractivity contribution in [2.75, 3.05) is 5.32 Å². The quantitative estimate of drug-likeness (QED) is 0.558. The van der Waals surface area contributed by atoms with Crippen LogP contribution in [-0.4, -0.2) is 22.1 Å². The molecule has 0 spiro atoms. The summed E-state index contributed by atoms with van der Waals surface area (Å²) in [7, 11) is 0. The average Bonchev–Trinajstić information content (AvgIpc) is 3.05. The first-order valence-corrected chi connectivity index (χ1v) is 10.0. The van der Waals surface area contributed by atoms with Crippen LogP contribution in [0.3, 0.4) is 0 Å². The van der Waals surface area contributed by atoms with E-state index in [1.807, 2.05) is 32.0 Å². The molecule has 31 heavy (non-hydrogen) atoms. The van der Waals surface area contributed by atoms with Crippen LogP contribution in [0.25, 0.3) is 16.9 Å². The summed E-state index contributed by atoms with van der Waals surface area (Å²) in [5.74, 6) is 0.177. The lowest BCUT2D eigenvalue weighted by atomic mass is 9.85. The van der Waals surface area contributed by atoms with Crippen LogP contribution in [0.15, 0.2) is 48.5 Å². The van der Waals surface area contributed by atoms with Gasteiger partial charge in [-0.15, -0.1) is 13.2 Å². The number of carbonyl (C=O) groups is 1. The number of rotatable bonds is 5. The number of anilines is 1. The van der Waals surface area contributed by atoms with Gasteiger partial charge < -0.3 is 10.1 Å². The maximum Gasteiger partial charge on any atom is 0.573 e. The first kappa shape index (κ1) is 21.0. The lowest BCUT2D eigenvalue weighted by molar-refractivity contribution is -0.274. The van der Waals surface area contributed by atoms with Gasteiger partial charge in [0.1, 0.15) is 11.6 Å². The van der Waals surface area contributed by atoms with Gasteiger partial charge in [-0.3, -0.25) is 4.79 Å². The predicted octanol–water partition coefficient (Wildman–Crippen LogP) is 5.79. The minimum Gasteiger partial charge on any atom is -0.406 e. The predicted molar refractivity (Wildman–Crippen MR) is 111 cm³/mol. The third-order valence-electron chi connectivity index (χ3n) is 5.56. The molecule has 0 bridgehead atoms. The molecule has 1 saturated carbocycles. The number of aromatic nitrogens is 2. The van der Waals surface area contributed by atoms with Crippen molar-refractivity contribution in [2.45, 2.75) is 39.5 Å². The Labute approximate surface area is 177 Å². The molecular weight excluding hydrogens is 407 g/mol. The zero-order valence-electron chi connectivity index (χ0n) is 17.2. The molecule has 0 atom stereocenters. The Kier molecular flexibility index (Phi) is 5.47. The van der Waals surface area contributed by atoms with Gasteiger partial charge in [0, 0.05) is 17.5 Å². The van der Waals surface area contributed by atoms with Crippen LogP contribution in [0.1, 0.15) is 30.4 Å². The third kappa shape index (κ3) is 4.73. The second-order valence-electron chi connectivity index (χ2n) is 7.78. The molecule has 5 nitrogen and oxygen atoms in total. The number of hydrogen-bond acceptors (Lipinski definition) is 3. The Morgan fingerprint density at radius 3 is 2.35 bits per heavy atom. The number of aryl methyl sites for hydroxylation is 2. The highest BCUT2D eigenvalue weighted by Gasteiger charge is 2.31. The van der Waals surface area contributed by atoms with E-state index in [2.05, 4.69) is 15.2 Å². The van der Waals surface area contributed by atoms with E-state index >= 15 is 0 Å². The fourth-order valence-electron chi connectivity index (χ4n) is 3.39. The molecular formula is C23H22F3N3O2. The lowest BCUT2D eigenvalue weighted by Gasteiger charge is -2.24. The maximum atomic E-state index is 12.5. The van der Waals surface area contributed by atoms with Crippen molar-refractivity contribution in [1.82, 2.24) is 9.78 Å². The molecule has 2 aromatic carbocycles. The van der Waals surface area contributed by atoms with Gasteiger partial charge in [0.15, 0.2) is 0 Å². The zero-order valence-corrected chi connectivity index (χ0v) is 17.2. The van der Waals surface area contributed by atoms with E-state index < -0.39 is 6.36 Å². The Morgan fingerprint density at radius 1 is 1.06 bits per heavy atom. The second-order valence-corrected chi connectivity index (χ2v) is 7.78. The number of carbonyl (C=O) groups excluding carboxylic acids is 1. The molecule has 4 rings (SSSR count). The molecule has 3 aromatic rings. The largest absolute Gasteiger partial charge is 0.573 e. The van der Waals surface area contributed by atoms with Crippen LogP contribution < -0.4 is 10.1 Å². The summed E-state index contributed by atoms with van der Waals surface area (Å²) in [6, 6.07) is 13.1.